The third-order valence-electron chi connectivity index (χ3n) is 4.71. The number of rotatable bonds is 2. The van der Waals surface area contributed by atoms with Gasteiger partial charge in [0.1, 0.15) is 0 Å². The van der Waals surface area contributed by atoms with Crippen LogP contribution in [0.5, 0.6) is 0 Å². The zero-order valence-electron chi connectivity index (χ0n) is 13.1. The van der Waals surface area contributed by atoms with Gasteiger partial charge in [0, 0.05) is 35.8 Å². The van der Waals surface area contributed by atoms with Crippen LogP contribution in [0.2, 0.25) is 0 Å². The Hall–Kier alpha value is -1.81. The molecule has 0 aliphatic carbocycles. The molecule has 2 atom stereocenters. The molecule has 0 saturated carbocycles. The van der Waals surface area contributed by atoms with Crippen LogP contribution in [0.1, 0.15) is 35.0 Å². The summed E-state index contributed by atoms with van der Waals surface area (Å²) < 4.78 is 5.57. The SMILES string of the molecule is Cc1[nH]c2ccc(C(=O)N(C)C3CCOC3C)cc2c1C. The number of amides is 1. The number of aryl methyl sites for hydroxylation is 2. The summed E-state index contributed by atoms with van der Waals surface area (Å²) >= 11 is 0. The first-order chi connectivity index (χ1) is 9.99. The van der Waals surface area contributed by atoms with E-state index in [-0.39, 0.29) is 18.1 Å². The molecule has 1 aromatic heterocycles. The van der Waals surface area contributed by atoms with Gasteiger partial charge in [0.05, 0.1) is 12.1 Å². The number of carbonyl (C=O) groups is 1. The molecule has 1 aliphatic heterocycles. The smallest absolute Gasteiger partial charge is 0.253 e. The lowest BCUT2D eigenvalue weighted by molar-refractivity contribution is 0.0575. The van der Waals surface area contributed by atoms with Crippen molar-refractivity contribution in [3.63, 3.8) is 0 Å². The predicted molar refractivity (Wildman–Crippen MR) is 83.7 cm³/mol. The molecule has 1 saturated heterocycles. The molecule has 0 radical (unpaired) electrons. The summed E-state index contributed by atoms with van der Waals surface area (Å²) in [5.74, 6) is 0.0671. The number of ether oxygens (including phenoxy) is 1. The van der Waals surface area contributed by atoms with Crippen LogP contribution >= 0.6 is 0 Å². The average molecular weight is 286 g/mol. The Morgan fingerprint density at radius 2 is 2.14 bits per heavy atom. The monoisotopic (exact) mass is 286 g/mol. The normalized spacial score (nSPS) is 21.9. The van der Waals surface area contributed by atoms with E-state index in [0.717, 1.165) is 35.2 Å². The van der Waals surface area contributed by atoms with Crippen molar-refractivity contribution in [1.29, 1.82) is 0 Å². The molecule has 21 heavy (non-hydrogen) atoms. The maximum Gasteiger partial charge on any atom is 0.253 e. The molecule has 1 aromatic carbocycles. The van der Waals surface area contributed by atoms with Gasteiger partial charge in [-0.25, -0.2) is 0 Å². The second kappa shape index (κ2) is 5.19. The van der Waals surface area contributed by atoms with Crippen LogP contribution in [0.4, 0.5) is 0 Å². The van der Waals surface area contributed by atoms with Crippen LogP contribution in [0.15, 0.2) is 18.2 Å². The van der Waals surface area contributed by atoms with Crippen LogP contribution in [-0.2, 0) is 4.74 Å². The Kier molecular flexibility index (Phi) is 3.49. The van der Waals surface area contributed by atoms with Crippen LogP contribution in [0.3, 0.4) is 0 Å². The van der Waals surface area contributed by atoms with Crippen LogP contribution in [0.25, 0.3) is 10.9 Å². The number of aromatic amines is 1. The fraction of sp³-hybridized carbons (Fsp3) is 0.471. The Morgan fingerprint density at radius 1 is 1.38 bits per heavy atom. The third-order valence-corrected chi connectivity index (χ3v) is 4.71. The van der Waals surface area contributed by atoms with Gasteiger partial charge in [-0.3, -0.25) is 4.79 Å². The lowest BCUT2D eigenvalue weighted by atomic mass is 10.1. The molecule has 2 aromatic rings. The number of likely N-dealkylation sites (N-methyl/N-ethyl adjacent to an activating group) is 1. The van der Waals surface area contributed by atoms with E-state index in [1.54, 1.807) is 0 Å². The summed E-state index contributed by atoms with van der Waals surface area (Å²) in [5, 5.41) is 1.13. The van der Waals surface area contributed by atoms with E-state index in [4.69, 9.17) is 4.74 Å². The maximum absolute atomic E-state index is 12.7. The second-order valence-electron chi connectivity index (χ2n) is 5.98. The molecule has 112 valence electrons. The van der Waals surface area contributed by atoms with Gasteiger partial charge in [-0.1, -0.05) is 0 Å². The van der Waals surface area contributed by atoms with Gasteiger partial charge in [-0.2, -0.15) is 0 Å². The molecule has 0 bridgehead atoms. The number of hydrogen-bond donors (Lipinski definition) is 1. The lowest BCUT2D eigenvalue weighted by Gasteiger charge is -2.26. The van der Waals surface area contributed by atoms with Gasteiger partial charge in [-0.05, 0) is 51.0 Å². The maximum atomic E-state index is 12.7. The highest BCUT2D eigenvalue weighted by Crippen LogP contribution is 2.25. The predicted octanol–water partition coefficient (Wildman–Crippen LogP) is 3.03. The molecule has 0 spiro atoms. The van der Waals surface area contributed by atoms with Crippen LogP contribution < -0.4 is 0 Å². The van der Waals surface area contributed by atoms with Gasteiger partial charge >= 0.3 is 0 Å². The Balaban J connectivity index is 1.92. The molecule has 4 heteroatoms. The highest BCUT2D eigenvalue weighted by atomic mass is 16.5. The van der Waals surface area contributed by atoms with E-state index >= 15 is 0 Å². The van der Waals surface area contributed by atoms with Crippen molar-refractivity contribution in [2.24, 2.45) is 0 Å². The molecule has 2 unspecified atom stereocenters. The molecule has 2 heterocycles. The minimum Gasteiger partial charge on any atom is -0.376 e. The first-order valence-corrected chi connectivity index (χ1v) is 7.46. The molecule has 4 nitrogen and oxygen atoms in total. The summed E-state index contributed by atoms with van der Waals surface area (Å²) in [4.78, 5) is 17.9. The Morgan fingerprint density at radius 3 is 2.81 bits per heavy atom. The highest BCUT2D eigenvalue weighted by molar-refractivity contribution is 5.99. The standard InChI is InChI=1S/C17H22N2O2/c1-10-11(2)18-15-6-5-13(9-14(10)15)17(20)19(4)16-7-8-21-12(16)3/h5-6,9,12,16,18H,7-8H2,1-4H3. The van der Waals surface area contributed by atoms with Gasteiger partial charge in [-0.15, -0.1) is 0 Å². The minimum atomic E-state index is 0.0671. The van der Waals surface area contributed by atoms with Crippen molar-refractivity contribution in [3.8, 4) is 0 Å². The molecule has 3 rings (SSSR count). The number of benzene rings is 1. The number of nitrogens with zero attached hydrogens (tertiary/aromatic N) is 1. The van der Waals surface area contributed by atoms with E-state index in [9.17, 15) is 4.79 Å². The minimum absolute atomic E-state index is 0.0671. The molecular formula is C17H22N2O2. The zero-order chi connectivity index (χ0) is 15.1. The fourth-order valence-corrected chi connectivity index (χ4v) is 3.18. The van der Waals surface area contributed by atoms with Crippen molar-refractivity contribution < 1.29 is 9.53 Å². The summed E-state index contributed by atoms with van der Waals surface area (Å²) in [5.41, 5.74) is 4.19. The molecular weight excluding hydrogens is 264 g/mol. The van der Waals surface area contributed by atoms with Crippen molar-refractivity contribution in [1.82, 2.24) is 9.88 Å². The fourth-order valence-electron chi connectivity index (χ4n) is 3.18. The largest absolute Gasteiger partial charge is 0.376 e. The molecule has 1 aliphatic rings. The number of fused-ring (bicyclic) bond motifs is 1. The van der Waals surface area contributed by atoms with E-state index in [1.807, 2.05) is 37.1 Å². The number of nitrogens with one attached hydrogen (secondary N) is 1. The number of aromatic nitrogens is 1. The van der Waals surface area contributed by atoms with Gasteiger partial charge in [0.15, 0.2) is 0 Å². The first-order valence-electron chi connectivity index (χ1n) is 7.46. The average Bonchev–Trinajstić information content (AvgIpc) is 3.02. The highest BCUT2D eigenvalue weighted by Gasteiger charge is 2.31. The zero-order valence-corrected chi connectivity index (χ0v) is 13.1. The Labute approximate surface area is 125 Å². The van der Waals surface area contributed by atoms with Crippen molar-refractivity contribution in [3.05, 3.63) is 35.0 Å². The van der Waals surface area contributed by atoms with Gasteiger partial charge < -0.3 is 14.6 Å². The van der Waals surface area contributed by atoms with Crippen molar-refractivity contribution in [2.75, 3.05) is 13.7 Å². The van der Waals surface area contributed by atoms with E-state index in [2.05, 4.69) is 18.8 Å². The van der Waals surface area contributed by atoms with Crippen LogP contribution in [-0.4, -0.2) is 41.6 Å². The third kappa shape index (κ3) is 2.33. The van der Waals surface area contributed by atoms with Gasteiger partial charge in [0.25, 0.3) is 5.91 Å². The molecule has 1 fully saturated rings. The molecule has 1 N–H and O–H groups in total. The lowest BCUT2D eigenvalue weighted by Crippen LogP contribution is -2.40. The molecule has 1 amide bonds. The van der Waals surface area contributed by atoms with Gasteiger partial charge in [0.2, 0.25) is 0 Å². The summed E-state index contributed by atoms with van der Waals surface area (Å²) in [7, 11) is 1.87. The van der Waals surface area contributed by atoms with Crippen molar-refractivity contribution >= 4 is 16.8 Å². The summed E-state index contributed by atoms with van der Waals surface area (Å²) in [6.45, 7) is 6.91. The Bertz CT molecular complexity index is 689. The van der Waals surface area contributed by atoms with E-state index in [0.29, 0.717) is 0 Å². The van der Waals surface area contributed by atoms with E-state index in [1.165, 1.54) is 5.56 Å². The topological polar surface area (TPSA) is 45.3 Å². The van der Waals surface area contributed by atoms with Crippen molar-refractivity contribution in [2.45, 2.75) is 39.3 Å². The summed E-state index contributed by atoms with van der Waals surface area (Å²) in [6, 6.07) is 6.05. The van der Waals surface area contributed by atoms with Crippen LogP contribution in [0, 0.1) is 13.8 Å². The second-order valence-corrected chi connectivity index (χ2v) is 5.98. The van der Waals surface area contributed by atoms with E-state index < -0.39 is 0 Å². The first kappa shape index (κ1) is 14.1. The summed E-state index contributed by atoms with van der Waals surface area (Å²) in [6.07, 6.45) is 1.02. The number of H-pyrrole nitrogens is 1. The number of hydrogen-bond acceptors (Lipinski definition) is 2. The number of carbonyl (C=O) groups excluding carboxylic acids is 1. The quantitative estimate of drug-likeness (QED) is 0.922.